The molecule has 32 heavy (non-hydrogen) atoms. The second-order valence-electron chi connectivity index (χ2n) is 6.86. The summed E-state index contributed by atoms with van der Waals surface area (Å²) >= 11 is 0. The first-order chi connectivity index (χ1) is 15.3. The molecule has 1 heterocycles. The number of hydrogen-bond donors (Lipinski definition) is 1. The topological polar surface area (TPSA) is 69.7 Å². The van der Waals surface area contributed by atoms with Crippen LogP contribution in [-0.4, -0.2) is 38.3 Å². The highest BCUT2D eigenvalue weighted by Gasteiger charge is 2.31. The third-order valence-electron chi connectivity index (χ3n) is 4.86. The zero-order valence-corrected chi connectivity index (χ0v) is 17.9. The van der Waals surface area contributed by atoms with E-state index in [1.165, 1.54) is 12.3 Å². The number of anilines is 1. The summed E-state index contributed by atoms with van der Waals surface area (Å²) in [6, 6.07) is 8.76. The van der Waals surface area contributed by atoms with Crippen LogP contribution in [0.5, 0.6) is 11.5 Å². The largest absolute Gasteiger partial charge is 0.493 e. The lowest BCUT2D eigenvalue weighted by atomic mass is 10.1. The fraction of sp³-hybridized carbons (Fsp3) is 0.304. The summed E-state index contributed by atoms with van der Waals surface area (Å²) in [7, 11) is 3.10. The Morgan fingerprint density at radius 1 is 1.06 bits per heavy atom. The molecule has 2 aromatic carbocycles. The van der Waals surface area contributed by atoms with Crippen molar-refractivity contribution < 1.29 is 32.2 Å². The Bertz CT molecular complexity index is 1120. The SMILES string of the molecule is CCOC(=O)c1cnc2cc(C(F)(F)F)ccc2c1NCCc1ccc(OC)c(OC)c1. The molecule has 0 saturated carbocycles. The minimum atomic E-state index is -4.49. The monoisotopic (exact) mass is 448 g/mol. The van der Waals surface area contributed by atoms with E-state index in [2.05, 4.69) is 10.3 Å². The van der Waals surface area contributed by atoms with Crippen LogP contribution in [0.4, 0.5) is 18.9 Å². The molecule has 1 N–H and O–H groups in total. The molecule has 170 valence electrons. The molecule has 0 aliphatic carbocycles. The van der Waals surface area contributed by atoms with E-state index in [-0.39, 0.29) is 17.7 Å². The van der Waals surface area contributed by atoms with Crippen LogP contribution in [0.3, 0.4) is 0 Å². The fourth-order valence-electron chi connectivity index (χ4n) is 3.29. The number of nitrogens with one attached hydrogen (secondary N) is 1. The molecule has 9 heteroatoms. The predicted octanol–water partition coefficient (Wildman–Crippen LogP) is 5.10. The van der Waals surface area contributed by atoms with E-state index in [0.717, 1.165) is 17.7 Å². The van der Waals surface area contributed by atoms with Gasteiger partial charge in [0, 0.05) is 18.1 Å². The highest BCUT2D eigenvalue weighted by Crippen LogP contribution is 2.34. The smallest absolute Gasteiger partial charge is 0.416 e. The maximum Gasteiger partial charge on any atom is 0.416 e. The van der Waals surface area contributed by atoms with E-state index in [9.17, 15) is 18.0 Å². The number of benzene rings is 2. The average Bonchev–Trinajstić information content (AvgIpc) is 2.78. The van der Waals surface area contributed by atoms with Crippen LogP contribution in [0.2, 0.25) is 0 Å². The van der Waals surface area contributed by atoms with Gasteiger partial charge in [0.25, 0.3) is 0 Å². The number of methoxy groups -OCH3 is 2. The van der Waals surface area contributed by atoms with Gasteiger partial charge in [0.15, 0.2) is 11.5 Å². The zero-order valence-electron chi connectivity index (χ0n) is 17.9. The number of pyridine rings is 1. The summed E-state index contributed by atoms with van der Waals surface area (Å²) in [6.07, 6.45) is -2.69. The van der Waals surface area contributed by atoms with Crippen molar-refractivity contribution in [1.29, 1.82) is 0 Å². The van der Waals surface area contributed by atoms with Crippen molar-refractivity contribution in [1.82, 2.24) is 4.98 Å². The lowest BCUT2D eigenvalue weighted by Crippen LogP contribution is -2.13. The molecule has 0 saturated heterocycles. The van der Waals surface area contributed by atoms with E-state index in [0.29, 0.717) is 35.5 Å². The Hall–Kier alpha value is -3.49. The number of fused-ring (bicyclic) bond motifs is 1. The third-order valence-corrected chi connectivity index (χ3v) is 4.86. The average molecular weight is 448 g/mol. The molecular formula is C23H23F3N2O4. The quantitative estimate of drug-likeness (QED) is 0.484. The minimum absolute atomic E-state index is 0.126. The number of halogens is 3. The lowest BCUT2D eigenvalue weighted by Gasteiger charge is -2.16. The molecule has 0 bridgehead atoms. The number of rotatable bonds is 8. The number of aromatic nitrogens is 1. The molecule has 3 aromatic rings. The van der Waals surface area contributed by atoms with Crippen LogP contribution in [0.15, 0.2) is 42.6 Å². The Morgan fingerprint density at radius 2 is 1.81 bits per heavy atom. The molecule has 3 rings (SSSR count). The molecule has 0 spiro atoms. The molecule has 0 amide bonds. The van der Waals surface area contributed by atoms with Crippen LogP contribution in [0, 0.1) is 0 Å². The highest BCUT2D eigenvalue weighted by molar-refractivity contribution is 6.05. The van der Waals surface area contributed by atoms with E-state index < -0.39 is 17.7 Å². The van der Waals surface area contributed by atoms with E-state index in [1.807, 2.05) is 12.1 Å². The second-order valence-corrected chi connectivity index (χ2v) is 6.86. The zero-order chi connectivity index (χ0) is 23.3. The molecule has 0 atom stereocenters. The van der Waals surface area contributed by atoms with Crippen molar-refractivity contribution in [2.45, 2.75) is 19.5 Å². The lowest BCUT2D eigenvalue weighted by molar-refractivity contribution is -0.137. The van der Waals surface area contributed by atoms with E-state index in [1.54, 1.807) is 27.2 Å². The number of alkyl halides is 3. The van der Waals surface area contributed by atoms with Crippen molar-refractivity contribution in [3.8, 4) is 11.5 Å². The van der Waals surface area contributed by atoms with Gasteiger partial charge in [-0.05, 0) is 43.2 Å². The normalized spacial score (nSPS) is 11.3. The summed E-state index contributed by atoms with van der Waals surface area (Å²) in [6.45, 7) is 2.24. The predicted molar refractivity (Wildman–Crippen MR) is 114 cm³/mol. The van der Waals surface area contributed by atoms with E-state index >= 15 is 0 Å². The maximum absolute atomic E-state index is 13.1. The van der Waals surface area contributed by atoms with Crippen LogP contribution in [-0.2, 0) is 17.3 Å². The summed E-state index contributed by atoms with van der Waals surface area (Å²) < 4.78 is 54.9. The fourth-order valence-corrected chi connectivity index (χ4v) is 3.29. The Morgan fingerprint density at radius 3 is 2.47 bits per heavy atom. The van der Waals surface area contributed by atoms with Gasteiger partial charge < -0.3 is 19.5 Å². The van der Waals surface area contributed by atoms with Gasteiger partial charge in [-0.15, -0.1) is 0 Å². The van der Waals surface area contributed by atoms with Gasteiger partial charge in [0.1, 0.15) is 5.56 Å². The summed E-state index contributed by atoms with van der Waals surface area (Å²) in [5.41, 5.74) is 0.804. The Balaban J connectivity index is 1.92. The number of carbonyl (C=O) groups is 1. The number of carbonyl (C=O) groups excluding carboxylic acids is 1. The van der Waals surface area contributed by atoms with Crippen molar-refractivity contribution in [2.24, 2.45) is 0 Å². The first-order valence-corrected chi connectivity index (χ1v) is 9.90. The van der Waals surface area contributed by atoms with Crippen molar-refractivity contribution in [2.75, 3.05) is 32.7 Å². The Labute approximate surface area is 183 Å². The molecule has 6 nitrogen and oxygen atoms in total. The first-order valence-electron chi connectivity index (χ1n) is 9.90. The minimum Gasteiger partial charge on any atom is -0.493 e. The van der Waals surface area contributed by atoms with Gasteiger partial charge in [-0.2, -0.15) is 13.2 Å². The van der Waals surface area contributed by atoms with Crippen LogP contribution in [0.25, 0.3) is 10.9 Å². The molecule has 0 aliphatic rings. The molecule has 0 unspecified atom stereocenters. The molecule has 0 aliphatic heterocycles. The van der Waals surface area contributed by atoms with Gasteiger partial charge in [-0.1, -0.05) is 12.1 Å². The van der Waals surface area contributed by atoms with Crippen molar-refractivity contribution >= 4 is 22.6 Å². The maximum atomic E-state index is 13.1. The van der Waals surface area contributed by atoms with Crippen molar-refractivity contribution in [3.63, 3.8) is 0 Å². The van der Waals surface area contributed by atoms with Gasteiger partial charge in [-0.25, -0.2) is 4.79 Å². The van der Waals surface area contributed by atoms with Crippen LogP contribution < -0.4 is 14.8 Å². The summed E-state index contributed by atoms with van der Waals surface area (Å²) in [4.78, 5) is 16.5. The molecule has 0 radical (unpaired) electrons. The highest BCUT2D eigenvalue weighted by atomic mass is 19.4. The third kappa shape index (κ3) is 5.04. The standard InChI is InChI=1S/C23H23F3N2O4/c1-4-32-22(29)17-13-28-18-12-15(23(24,25)26)6-7-16(18)21(17)27-10-9-14-5-8-19(30-2)20(11-14)31-3/h5-8,11-13H,4,9-10H2,1-3H3,(H,27,28). The number of nitrogens with zero attached hydrogens (tertiary/aromatic N) is 1. The van der Waals surface area contributed by atoms with E-state index in [4.69, 9.17) is 14.2 Å². The summed E-state index contributed by atoms with van der Waals surface area (Å²) in [5.74, 6) is 0.594. The number of hydrogen-bond acceptors (Lipinski definition) is 6. The van der Waals surface area contributed by atoms with Crippen molar-refractivity contribution in [3.05, 3.63) is 59.3 Å². The second kappa shape index (κ2) is 9.76. The molecular weight excluding hydrogens is 425 g/mol. The van der Waals surface area contributed by atoms with Gasteiger partial charge >= 0.3 is 12.1 Å². The van der Waals surface area contributed by atoms with Gasteiger partial charge in [0.05, 0.1) is 37.6 Å². The molecule has 1 aromatic heterocycles. The Kier molecular flexibility index (Phi) is 7.07. The van der Waals surface area contributed by atoms with Gasteiger partial charge in [-0.3, -0.25) is 4.98 Å². The van der Waals surface area contributed by atoms with Gasteiger partial charge in [0.2, 0.25) is 0 Å². The first kappa shape index (κ1) is 23.2. The number of esters is 1. The number of ether oxygens (including phenoxy) is 3. The van der Waals surface area contributed by atoms with Crippen LogP contribution >= 0.6 is 0 Å². The van der Waals surface area contributed by atoms with Crippen LogP contribution in [0.1, 0.15) is 28.4 Å². The molecule has 0 fully saturated rings. The summed E-state index contributed by atoms with van der Waals surface area (Å²) in [5, 5.41) is 3.57.